The van der Waals surface area contributed by atoms with E-state index in [9.17, 15) is 43.8 Å². The highest BCUT2D eigenvalue weighted by atomic mass is 16.6. The number of aliphatic hydroxyl groups is 1. The van der Waals surface area contributed by atoms with Crippen LogP contribution >= 0.6 is 0 Å². The third-order valence-corrected chi connectivity index (χ3v) is 7.33. The minimum Gasteiger partial charge on any atom is -0.508 e. The maximum Gasteiger partial charge on any atom is 0.408 e. The van der Waals surface area contributed by atoms with Gasteiger partial charge in [-0.3, -0.25) is 34.2 Å². The number of primary amides is 1. The van der Waals surface area contributed by atoms with Gasteiger partial charge < -0.3 is 47.3 Å². The van der Waals surface area contributed by atoms with Crippen LogP contribution < -0.4 is 43.6 Å². The summed E-state index contributed by atoms with van der Waals surface area (Å²) in [5.74, 6) is 0.266. The number of hydrazine groups is 1. The van der Waals surface area contributed by atoms with Gasteiger partial charge in [-0.15, -0.1) is 0 Å². The van der Waals surface area contributed by atoms with E-state index in [1.807, 2.05) is 19.3 Å². The fourth-order valence-corrected chi connectivity index (χ4v) is 4.87. The molecule has 0 heterocycles. The lowest BCUT2D eigenvalue weighted by molar-refractivity contribution is -0.135. The van der Waals surface area contributed by atoms with Gasteiger partial charge in [-0.25, -0.2) is 10.6 Å². The van der Waals surface area contributed by atoms with Crippen LogP contribution in [0.2, 0.25) is 0 Å². The van der Waals surface area contributed by atoms with E-state index in [4.69, 9.17) is 16.3 Å². The number of carbonyl (C=O) groups excluding carboxylic acids is 7. The highest BCUT2D eigenvalue weighted by Gasteiger charge is 2.33. The smallest absolute Gasteiger partial charge is 0.408 e. The molecule has 12 N–H and O–H groups in total. The van der Waals surface area contributed by atoms with E-state index in [0.29, 0.717) is 5.56 Å². The molecule has 1 aromatic carbocycles. The maximum absolute atomic E-state index is 13.9. The molecular formula is C34H56N8O10. The number of phenolic OH excluding ortho intramolecular Hbond substituents is 1. The molecule has 0 bridgehead atoms. The molecule has 0 aliphatic heterocycles. The Morgan fingerprint density at radius 1 is 0.692 bits per heavy atom. The van der Waals surface area contributed by atoms with Gasteiger partial charge in [-0.2, -0.15) is 0 Å². The predicted molar refractivity (Wildman–Crippen MR) is 189 cm³/mol. The number of phenols is 1. The largest absolute Gasteiger partial charge is 0.508 e. The summed E-state index contributed by atoms with van der Waals surface area (Å²) in [4.78, 5) is 90.5. The van der Waals surface area contributed by atoms with Crippen LogP contribution in [0.15, 0.2) is 24.3 Å². The molecule has 0 saturated heterocycles. The first-order valence-corrected chi connectivity index (χ1v) is 17.0. The van der Waals surface area contributed by atoms with Gasteiger partial charge in [0, 0.05) is 12.8 Å². The van der Waals surface area contributed by atoms with E-state index >= 15 is 0 Å². The van der Waals surface area contributed by atoms with E-state index in [-0.39, 0.29) is 49.7 Å². The number of amides is 7. The van der Waals surface area contributed by atoms with Gasteiger partial charge in [0.25, 0.3) is 5.91 Å². The van der Waals surface area contributed by atoms with Gasteiger partial charge >= 0.3 is 6.09 Å². The highest BCUT2D eigenvalue weighted by Crippen LogP contribution is 2.14. The monoisotopic (exact) mass is 736 g/mol. The second-order valence-electron chi connectivity index (χ2n) is 14.3. The minimum atomic E-state index is -1.47. The van der Waals surface area contributed by atoms with Crippen molar-refractivity contribution in [2.45, 2.75) is 116 Å². The van der Waals surface area contributed by atoms with Crippen molar-refractivity contribution in [1.82, 2.24) is 32.0 Å². The predicted octanol–water partition coefficient (Wildman–Crippen LogP) is -0.893. The highest BCUT2D eigenvalue weighted by molar-refractivity contribution is 5.96. The van der Waals surface area contributed by atoms with Gasteiger partial charge in [-0.05, 0) is 69.6 Å². The van der Waals surface area contributed by atoms with Crippen LogP contribution in [0.1, 0.15) is 79.7 Å². The van der Waals surface area contributed by atoms with Crippen molar-refractivity contribution in [1.29, 1.82) is 0 Å². The Hall–Kier alpha value is -4.97. The van der Waals surface area contributed by atoms with Crippen LogP contribution in [-0.2, 0) is 39.9 Å². The zero-order valence-electron chi connectivity index (χ0n) is 30.9. The molecule has 292 valence electrons. The van der Waals surface area contributed by atoms with Gasteiger partial charge in [0.2, 0.25) is 29.5 Å². The van der Waals surface area contributed by atoms with E-state index in [1.165, 1.54) is 24.3 Å². The van der Waals surface area contributed by atoms with Crippen LogP contribution in [0.5, 0.6) is 5.75 Å². The third-order valence-electron chi connectivity index (χ3n) is 7.33. The number of aromatic hydroxyl groups is 1. The average Bonchev–Trinajstić information content (AvgIpc) is 3.03. The van der Waals surface area contributed by atoms with Crippen LogP contribution in [0.25, 0.3) is 0 Å². The molecule has 0 radical (unpaired) electrons. The summed E-state index contributed by atoms with van der Waals surface area (Å²) < 4.78 is 5.15. The van der Waals surface area contributed by atoms with Crippen LogP contribution in [0.4, 0.5) is 4.79 Å². The Morgan fingerprint density at radius 3 is 1.60 bits per heavy atom. The fraction of sp³-hybridized carbons (Fsp3) is 0.618. The van der Waals surface area contributed by atoms with Crippen molar-refractivity contribution in [2.75, 3.05) is 6.61 Å². The molecule has 52 heavy (non-hydrogen) atoms. The summed E-state index contributed by atoms with van der Waals surface area (Å²) in [5, 5.41) is 32.1. The molecular weight excluding hydrogens is 680 g/mol. The molecule has 0 aliphatic carbocycles. The molecule has 0 unspecified atom stereocenters. The van der Waals surface area contributed by atoms with Crippen LogP contribution in [0, 0.1) is 11.8 Å². The Kier molecular flexibility index (Phi) is 18.5. The average molecular weight is 737 g/mol. The molecule has 0 spiro atoms. The Morgan fingerprint density at radius 2 is 1.13 bits per heavy atom. The lowest BCUT2D eigenvalue weighted by Gasteiger charge is -2.28. The van der Waals surface area contributed by atoms with Gasteiger partial charge in [0.1, 0.15) is 41.6 Å². The number of aliphatic hydroxyl groups excluding tert-OH is 1. The first-order chi connectivity index (χ1) is 24.1. The molecule has 0 saturated carbocycles. The van der Waals surface area contributed by atoms with Crippen molar-refractivity contribution in [3.05, 3.63) is 29.8 Å². The summed E-state index contributed by atoms with van der Waals surface area (Å²) in [6.07, 6.45) is -1.37. The SMILES string of the molecule is CC(C)C[C@H](NC(=O)[C@H](CCC(N)=O)NC(=O)[C@H](Cc1ccc(O)cc1)NC(=O)[C@H](CC(C)C)NC(=O)[C@H](CO)NC(=O)OC(C)(C)C)C(=O)NN. The first kappa shape index (κ1) is 45.1. The molecule has 18 heteroatoms. The topological polar surface area (TPSA) is 293 Å². The van der Waals surface area contributed by atoms with Crippen molar-refractivity contribution in [3.8, 4) is 5.75 Å². The van der Waals surface area contributed by atoms with E-state index in [2.05, 4.69) is 26.6 Å². The molecule has 1 aromatic rings. The second-order valence-corrected chi connectivity index (χ2v) is 14.3. The summed E-state index contributed by atoms with van der Waals surface area (Å²) in [6.45, 7) is 11.3. The van der Waals surface area contributed by atoms with E-state index in [0.717, 1.165) is 0 Å². The number of rotatable bonds is 20. The fourth-order valence-electron chi connectivity index (χ4n) is 4.87. The number of alkyl carbamates (subject to hydrolysis) is 1. The maximum atomic E-state index is 13.9. The summed E-state index contributed by atoms with van der Waals surface area (Å²) in [6, 6.07) is -0.759. The Bertz CT molecular complexity index is 1380. The summed E-state index contributed by atoms with van der Waals surface area (Å²) >= 11 is 0. The van der Waals surface area contributed by atoms with Gasteiger partial charge in [0.15, 0.2) is 0 Å². The van der Waals surface area contributed by atoms with Crippen molar-refractivity contribution in [3.63, 3.8) is 0 Å². The lowest BCUT2D eigenvalue weighted by atomic mass is 10.00. The number of carbonyl (C=O) groups is 7. The van der Waals surface area contributed by atoms with Gasteiger partial charge in [-0.1, -0.05) is 39.8 Å². The normalized spacial score (nSPS) is 14.2. The number of ether oxygens (including phenoxy) is 1. The van der Waals surface area contributed by atoms with E-state index in [1.54, 1.807) is 34.6 Å². The number of nitrogens with one attached hydrogen (secondary N) is 6. The third kappa shape index (κ3) is 17.3. The van der Waals surface area contributed by atoms with Crippen LogP contribution in [0.3, 0.4) is 0 Å². The number of nitrogens with two attached hydrogens (primary N) is 2. The first-order valence-electron chi connectivity index (χ1n) is 17.0. The summed E-state index contributed by atoms with van der Waals surface area (Å²) in [7, 11) is 0. The van der Waals surface area contributed by atoms with Crippen molar-refractivity contribution < 1.29 is 48.5 Å². The van der Waals surface area contributed by atoms with Crippen molar-refractivity contribution >= 4 is 41.5 Å². The second kappa shape index (κ2) is 21.4. The molecule has 0 aliphatic rings. The number of hydrogen-bond donors (Lipinski definition) is 10. The Balaban J connectivity index is 3.40. The zero-order chi connectivity index (χ0) is 39.8. The molecule has 5 atom stereocenters. The molecule has 18 nitrogen and oxygen atoms in total. The Labute approximate surface area is 303 Å². The number of benzene rings is 1. The lowest BCUT2D eigenvalue weighted by Crippen LogP contribution is -2.60. The van der Waals surface area contributed by atoms with Gasteiger partial charge in [0.05, 0.1) is 6.61 Å². The minimum absolute atomic E-state index is 0.0359. The zero-order valence-corrected chi connectivity index (χ0v) is 30.9. The molecule has 7 amide bonds. The van der Waals surface area contributed by atoms with Crippen LogP contribution in [-0.4, -0.2) is 94.2 Å². The standard InChI is InChI=1S/C34H56N8O10/c1-18(2)14-23(38-31(49)26(17-43)41-33(51)52-34(5,6)7)29(47)40-25(16-20-8-10-21(44)11-9-20)30(48)37-22(12-13-27(35)45)28(46)39-24(15-19(3)4)32(50)42-36/h8-11,18-19,22-26,43-44H,12-17,36H2,1-7H3,(H2,35,45)(H,37,48)(H,38,49)(H,39,46)(H,40,47)(H,41,51)(H,42,50)/t22-,23-,24-,25-,26-/m0/s1. The molecule has 0 fully saturated rings. The van der Waals surface area contributed by atoms with Crippen molar-refractivity contribution in [2.24, 2.45) is 23.4 Å². The summed E-state index contributed by atoms with van der Waals surface area (Å²) in [5.41, 5.74) is 6.93. The number of hydrogen-bond acceptors (Lipinski definition) is 11. The van der Waals surface area contributed by atoms with E-state index < -0.39 is 84.0 Å². The quantitative estimate of drug-likeness (QED) is 0.0445. The molecule has 0 aromatic heterocycles. The molecule has 1 rings (SSSR count).